The van der Waals surface area contributed by atoms with E-state index in [2.05, 4.69) is 27.4 Å². The van der Waals surface area contributed by atoms with Gasteiger partial charge in [-0.2, -0.15) is 0 Å². The molecule has 0 spiro atoms. The summed E-state index contributed by atoms with van der Waals surface area (Å²) in [6.07, 6.45) is 0. The number of carbonyl (C=O) groups excluding carboxylic acids is 1. The summed E-state index contributed by atoms with van der Waals surface area (Å²) in [5.74, 6) is 0.894. The molecule has 2 heterocycles. The third-order valence-electron chi connectivity index (χ3n) is 3.88. The molecule has 0 bridgehead atoms. The van der Waals surface area contributed by atoms with E-state index in [1.165, 1.54) is 0 Å². The Morgan fingerprint density at radius 3 is 2.75 bits per heavy atom. The third-order valence-corrected chi connectivity index (χ3v) is 3.88. The van der Waals surface area contributed by atoms with E-state index >= 15 is 0 Å². The van der Waals surface area contributed by atoms with Gasteiger partial charge in [0.15, 0.2) is 11.7 Å². The number of nitrogens with two attached hydrogens (primary N) is 1. The van der Waals surface area contributed by atoms with E-state index < -0.39 is 5.91 Å². The minimum Gasteiger partial charge on any atom is -0.454 e. The predicted molar refractivity (Wildman–Crippen MR) is 91.9 cm³/mol. The Morgan fingerprint density at radius 2 is 2.12 bits per heavy atom. The lowest BCUT2D eigenvalue weighted by Crippen LogP contribution is -2.49. The van der Waals surface area contributed by atoms with E-state index in [1.807, 2.05) is 6.92 Å². The molecule has 1 unspecified atom stereocenters. The Balaban J connectivity index is 1.86. The lowest BCUT2D eigenvalue weighted by atomic mass is 10.2. The van der Waals surface area contributed by atoms with Crippen LogP contribution < -0.4 is 16.4 Å². The van der Waals surface area contributed by atoms with E-state index in [-0.39, 0.29) is 5.76 Å². The van der Waals surface area contributed by atoms with Gasteiger partial charge in [0, 0.05) is 32.2 Å². The van der Waals surface area contributed by atoms with Gasteiger partial charge in [0.25, 0.3) is 5.91 Å². The Morgan fingerprint density at radius 1 is 1.38 bits per heavy atom. The zero-order valence-corrected chi connectivity index (χ0v) is 14.4. The van der Waals surface area contributed by atoms with Crippen LogP contribution in [0.25, 0.3) is 0 Å². The summed E-state index contributed by atoms with van der Waals surface area (Å²) >= 11 is 0. The highest BCUT2D eigenvalue weighted by atomic mass is 16.5. The monoisotopic (exact) mass is 337 g/mol. The van der Waals surface area contributed by atoms with Crippen LogP contribution in [0.5, 0.6) is 0 Å². The lowest BCUT2D eigenvalue weighted by molar-refractivity contribution is 0.0211. The van der Waals surface area contributed by atoms with Crippen molar-refractivity contribution in [3.63, 3.8) is 0 Å². The minimum absolute atomic E-state index is 0.152. The van der Waals surface area contributed by atoms with Crippen molar-refractivity contribution in [3.8, 4) is 0 Å². The molecule has 1 aliphatic heterocycles. The number of morpholine rings is 1. The van der Waals surface area contributed by atoms with E-state index in [1.54, 1.807) is 12.1 Å². The quantitative estimate of drug-likeness (QED) is 0.483. The molecule has 1 atom stereocenters. The molecule has 1 aromatic heterocycles. The van der Waals surface area contributed by atoms with Gasteiger partial charge >= 0.3 is 0 Å². The maximum Gasteiger partial charge on any atom is 0.284 e. The number of nitrogens with one attached hydrogen (secondary N) is 2. The molecule has 1 fully saturated rings. The summed E-state index contributed by atoms with van der Waals surface area (Å²) in [7, 11) is 0. The van der Waals surface area contributed by atoms with Crippen molar-refractivity contribution in [2.45, 2.75) is 26.4 Å². The molecular formula is C16H27N5O3. The van der Waals surface area contributed by atoms with Crippen molar-refractivity contribution in [1.82, 2.24) is 15.5 Å². The first kappa shape index (κ1) is 18.3. The summed E-state index contributed by atoms with van der Waals surface area (Å²) in [4.78, 5) is 17.9. The molecule has 0 aromatic carbocycles. The number of guanidine groups is 1. The number of hydrogen-bond donors (Lipinski definition) is 3. The molecule has 1 aromatic rings. The Hall–Kier alpha value is -2.06. The van der Waals surface area contributed by atoms with Gasteiger partial charge in [-0.05, 0) is 26.0 Å². The number of amides is 1. The van der Waals surface area contributed by atoms with Crippen molar-refractivity contribution < 1.29 is 13.9 Å². The van der Waals surface area contributed by atoms with Crippen molar-refractivity contribution in [3.05, 3.63) is 23.7 Å². The molecule has 4 N–H and O–H groups in total. The standard InChI is InChI=1S/C16H27N5O3/c1-3-18-16(19-10-12(2)21-6-8-23-9-7-21)20-11-13-4-5-14(24-13)15(17)22/h4-5,12H,3,6-11H2,1-2H3,(H2,17,22)(H2,18,19,20). The normalized spacial score (nSPS) is 17.5. The van der Waals surface area contributed by atoms with Gasteiger partial charge in [0.05, 0.1) is 13.2 Å². The summed E-state index contributed by atoms with van der Waals surface area (Å²) < 4.78 is 10.7. The molecule has 1 amide bonds. The maximum atomic E-state index is 11.0. The van der Waals surface area contributed by atoms with Gasteiger partial charge in [-0.3, -0.25) is 9.69 Å². The van der Waals surface area contributed by atoms with Crippen LogP contribution in [0.15, 0.2) is 21.5 Å². The molecule has 0 radical (unpaired) electrons. The highest BCUT2D eigenvalue weighted by Gasteiger charge is 2.17. The SMILES string of the molecule is CCNC(=NCc1ccc(C(N)=O)o1)NCC(C)N1CCOCC1. The van der Waals surface area contributed by atoms with Crippen LogP contribution in [0, 0.1) is 0 Å². The zero-order chi connectivity index (χ0) is 17.4. The van der Waals surface area contributed by atoms with E-state index in [0.717, 1.165) is 45.4 Å². The van der Waals surface area contributed by atoms with Crippen molar-refractivity contribution in [1.29, 1.82) is 0 Å². The van der Waals surface area contributed by atoms with Crippen LogP contribution >= 0.6 is 0 Å². The molecule has 8 heteroatoms. The van der Waals surface area contributed by atoms with Crippen LogP contribution in [0.4, 0.5) is 0 Å². The fraction of sp³-hybridized carbons (Fsp3) is 0.625. The molecule has 24 heavy (non-hydrogen) atoms. The number of primary amides is 1. The highest BCUT2D eigenvalue weighted by Crippen LogP contribution is 2.08. The molecule has 134 valence electrons. The van der Waals surface area contributed by atoms with E-state index in [9.17, 15) is 4.79 Å². The van der Waals surface area contributed by atoms with Crippen LogP contribution in [0.1, 0.15) is 30.2 Å². The second-order valence-corrected chi connectivity index (χ2v) is 5.70. The number of furan rings is 1. The smallest absolute Gasteiger partial charge is 0.284 e. The molecule has 1 aliphatic rings. The minimum atomic E-state index is -0.574. The molecular weight excluding hydrogens is 310 g/mol. The molecule has 2 rings (SSSR count). The van der Waals surface area contributed by atoms with Crippen LogP contribution in [0.2, 0.25) is 0 Å². The average molecular weight is 337 g/mol. The summed E-state index contributed by atoms with van der Waals surface area (Å²) in [5, 5.41) is 6.54. The van der Waals surface area contributed by atoms with E-state index in [4.69, 9.17) is 14.9 Å². The number of nitrogens with zero attached hydrogens (tertiary/aromatic N) is 2. The number of rotatable bonds is 7. The summed E-state index contributed by atoms with van der Waals surface area (Å²) in [6.45, 7) is 9.60. The molecule has 0 aliphatic carbocycles. The van der Waals surface area contributed by atoms with Crippen LogP contribution in [-0.4, -0.2) is 62.2 Å². The summed E-state index contributed by atoms with van der Waals surface area (Å²) in [6, 6.07) is 3.67. The Bertz CT molecular complexity index is 552. The van der Waals surface area contributed by atoms with Crippen molar-refractivity contribution in [2.75, 3.05) is 39.4 Å². The molecule has 0 saturated carbocycles. The van der Waals surface area contributed by atoms with Gasteiger partial charge in [-0.15, -0.1) is 0 Å². The van der Waals surface area contributed by atoms with Gasteiger partial charge in [0.2, 0.25) is 0 Å². The van der Waals surface area contributed by atoms with E-state index in [0.29, 0.717) is 18.3 Å². The number of ether oxygens (including phenoxy) is 1. The largest absolute Gasteiger partial charge is 0.454 e. The molecule has 1 saturated heterocycles. The first-order valence-electron chi connectivity index (χ1n) is 8.32. The first-order valence-corrected chi connectivity index (χ1v) is 8.32. The Kier molecular flexibility index (Phi) is 7.07. The fourth-order valence-corrected chi connectivity index (χ4v) is 2.49. The topological polar surface area (TPSA) is 105 Å². The zero-order valence-electron chi connectivity index (χ0n) is 14.4. The second-order valence-electron chi connectivity index (χ2n) is 5.70. The number of aliphatic imine (C=N–C) groups is 1. The van der Waals surface area contributed by atoms with Gasteiger partial charge in [0.1, 0.15) is 12.3 Å². The van der Waals surface area contributed by atoms with Crippen LogP contribution in [0.3, 0.4) is 0 Å². The number of carbonyl (C=O) groups is 1. The Labute approximate surface area is 142 Å². The predicted octanol–water partition coefficient (Wildman–Crippen LogP) is 0.154. The van der Waals surface area contributed by atoms with Gasteiger partial charge in [-0.1, -0.05) is 0 Å². The van der Waals surface area contributed by atoms with Gasteiger partial charge < -0.3 is 25.5 Å². The number of hydrogen-bond acceptors (Lipinski definition) is 5. The van der Waals surface area contributed by atoms with Crippen LogP contribution in [-0.2, 0) is 11.3 Å². The van der Waals surface area contributed by atoms with Gasteiger partial charge in [-0.25, -0.2) is 4.99 Å². The first-order chi connectivity index (χ1) is 11.6. The summed E-state index contributed by atoms with van der Waals surface area (Å²) in [5.41, 5.74) is 5.18. The maximum absolute atomic E-state index is 11.0. The third kappa shape index (κ3) is 5.54. The van der Waals surface area contributed by atoms with Crippen molar-refractivity contribution in [2.24, 2.45) is 10.7 Å². The second kappa shape index (κ2) is 9.29. The lowest BCUT2D eigenvalue weighted by Gasteiger charge is -2.32. The highest BCUT2D eigenvalue weighted by molar-refractivity contribution is 5.89. The fourth-order valence-electron chi connectivity index (χ4n) is 2.49. The average Bonchev–Trinajstić information content (AvgIpc) is 3.07. The van der Waals surface area contributed by atoms with Crippen molar-refractivity contribution >= 4 is 11.9 Å². The molecule has 8 nitrogen and oxygen atoms in total.